The van der Waals surface area contributed by atoms with Crippen LogP contribution in [0.3, 0.4) is 0 Å². The maximum Gasteiger partial charge on any atom is 0.114 e. The number of thiophene rings is 1. The van der Waals surface area contributed by atoms with Crippen LogP contribution in [0.4, 0.5) is 0 Å². The highest BCUT2D eigenvalue weighted by Gasteiger charge is 2.05. The van der Waals surface area contributed by atoms with Crippen LogP contribution < -0.4 is 5.73 Å². The topological polar surface area (TPSA) is 26.0 Å². The van der Waals surface area contributed by atoms with Gasteiger partial charge in [-0.25, -0.2) is 0 Å². The van der Waals surface area contributed by atoms with Gasteiger partial charge in [-0.15, -0.1) is 11.3 Å². The second-order valence-electron chi connectivity index (χ2n) is 3.45. The van der Waals surface area contributed by atoms with Gasteiger partial charge in [0.1, 0.15) is 4.99 Å². The molecule has 1 nitrogen and oxygen atoms in total. The van der Waals surface area contributed by atoms with Gasteiger partial charge in [0.15, 0.2) is 0 Å². The molecule has 1 aromatic heterocycles. The van der Waals surface area contributed by atoms with Crippen molar-refractivity contribution in [3.8, 4) is 0 Å². The van der Waals surface area contributed by atoms with E-state index in [1.807, 2.05) is 0 Å². The summed E-state index contributed by atoms with van der Waals surface area (Å²) in [4.78, 5) is 1.65. The van der Waals surface area contributed by atoms with Gasteiger partial charge < -0.3 is 5.73 Å². The number of nitrogens with two attached hydrogens (primary N) is 1. The van der Waals surface area contributed by atoms with E-state index >= 15 is 0 Å². The molecule has 0 bridgehead atoms. The summed E-state index contributed by atoms with van der Waals surface area (Å²) in [6, 6.07) is 2.14. The van der Waals surface area contributed by atoms with Gasteiger partial charge in [-0.2, -0.15) is 0 Å². The van der Waals surface area contributed by atoms with Crippen LogP contribution in [0.15, 0.2) is 11.4 Å². The van der Waals surface area contributed by atoms with E-state index in [1.54, 1.807) is 11.3 Å². The minimum absolute atomic E-state index is 0.547. The standard InChI is InChI=1S/C11H17NS2/c1-2-3-4-5-6-9-7-8-14-10(9)11(12)13/h7-8H,2-6H2,1H3,(H2,12,13). The zero-order valence-corrected chi connectivity index (χ0v) is 10.2. The van der Waals surface area contributed by atoms with Crippen molar-refractivity contribution in [1.29, 1.82) is 0 Å². The first-order valence-corrected chi connectivity index (χ1v) is 6.40. The fraction of sp³-hybridized carbons (Fsp3) is 0.545. The Bertz CT molecular complexity index is 291. The van der Waals surface area contributed by atoms with Gasteiger partial charge in [-0.3, -0.25) is 0 Å². The molecule has 78 valence electrons. The molecule has 0 aliphatic carbocycles. The predicted octanol–water partition coefficient (Wildman–Crippen LogP) is 3.51. The zero-order chi connectivity index (χ0) is 10.4. The number of hydrogen-bond donors (Lipinski definition) is 1. The van der Waals surface area contributed by atoms with Crippen LogP contribution in [0, 0.1) is 0 Å². The molecule has 0 radical (unpaired) electrons. The van der Waals surface area contributed by atoms with E-state index < -0.39 is 0 Å². The molecule has 1 heterocycles. The Kier molecular flexibility index (Phi) is 5.12. The summed E-state index contributed by atoms with van der Waals surface area (Å²) in [5, 5.41) is 2.07. The predicted molar refractivity (Wildman–Crippen MR) is 68.1 cm³/mol. The van der Waals surface area contributed by atoms with Crippen molar-refractivity contribution in [1.82, 2.24) is 0 Å². The maximum absolute atomic E-state index is 5.63. The molecule has 0 aromatic carbocycles. The van der Waals surface area contributed by atoms with Crippen LogP contribution in [0.1, 0.15) is 43.0 Å². The van der Waals surface area contributed by atoms with Gasteiger partial charge in [0, 0.05) is 0 Å². The van der Waals surface area contributed by atoms with Crippen LogP contribution in [0.2, 0.25) is 0 Å². The van der Waals surface area contributed by atoms with Crippen molar-refractivity contribution in [2.75, 3.05) is 0 Å². The Balaban J connectivity index is 2.42. The molecule has 0 aliphatic rings. The first-order valence-electron chi connectivity index (χ1n) is 5.12. The minimum atomic E-state index is 0.547. The minimum Gasteiger partial charge on any atom is -0.389 e. The van der Waals surface area contributed by atoms with E-state index in [9.17, 15) is 0 Å². The Hall–Kier alpha value is -0.410. The smallest absolute Gasteiger partial charge is 0.114 e. The third-order valence-electron chi connectivity index (χ3n) is 2.27. The molecule has 1 rings (SSSR count). The molecule has 14 heavy (non-hydrogen) atoms. The lowest BCUT2D eigenvalue weighted by atomic mass is 10.1. The highest BCUT2D eigenvalue weighted by atomic mass is 32.1. The fourth-order valence-corrected chi connectivity index (χ4v) is 2.57. The van der Waals surface area contributed by atoms with Gasteiger partial charge in [-0.05, 0) is 29.9 Å². The highest BCUT2D eigenvalue weighted by molar-refractivity contribution is 7.81. The summed E-state index contributed by atoms with van der Waals surface area (Å²) in [5.74, 6) is 0. The number of rotatable bonds is 6. The van der Waals surface area contributed by atoms with E-state index in [-0.39, 0.29) is 0 Å². The molecule has 0 atom stereocenters. The Morgan fingerprint density at radius 1 is 1.43 bits per heavy atom. The van der Waals surface area contributed by atoms with Crippen molar-refractivity contribution in [3.05, 3.63) is 21.9 Å². The molecule has 1 aromatic rings. The summed E-state index contributed by atoms with van der Waals surface area (Å²) in [6.45, 7) is 2.23. The molecule has 0 saturated carbocycles. The first kappa shape index (κ1) is 11.7. The Morgan fingerprint density at radius 2 is 2.21 bits per heavy atom. The second-order valence-corrected chi connectivity index (χ2v) is 4.81. The van der Waals surface area contributed by atoms with E-state index in [1.165, 1.54) is 31.2 Å². The van der Waals surface area contributed by atoms with Gasteiger partial charge in [0.05, 0.1) is 4.88 Å². The van der Waals surface area contributed by atoms with E-state index in [2.05, 4.69) is 18.4 Å². The number of unbranched alkanes of at least 4 members (excludes halogenated alkanes) is 3. The second kappa shape index (κ2) is 6.14. The first-order chi connectivity index (χ1) is 6.75. The molecular weight excluding hydrogens is 210 g/mol. The number of thiocarbonyl (C=S) groups is 1. The van der Waals surface area contributed by atoms with Gasteiger partial charge >= 0.3 is 0 Å². The van der Waals surface area contributed by atoms with Gasteiger partial charge in [0.2, 0.25) is 0 Å². The Labute approximate surface area is 95.3 Å². The molecule has 3 heteroatoms. The van der Waals surface area contributed by atoms with E-state index in [0.29, 0.717) is 4.99 Å². The molecule has 0 spiro atoms. The molecule has 0 fully saturated rings. The summed E-state index contributed by atoms with van der Waals surface area (Å²) < 4.78 is 0. The summed E-state index contributed by atoms with van der Waals surface area (Å²) in [5.41, 5.74) is 6.96. The van der Waals surface area contributed by atoms with Crippen molar-refractivity contribution in [2.24, 2.45) is 5.73 Å². The third kappa shape index (κ3) is 3.39. The van der Waals surface area contributed by atoms with Crippen molar-refractivity contribution < 1.29 is 0 Å². The maximum atomic E-state index is 5.63. The number of aryl methyl sites for hydroxylation is 1. The molecule has 0 aliphatic heterocycles. The average Bonchev–Trinajstić information content (AvgIpc) is 2.60. The molecule has 0 saturated heterocycles. The van der Waals surface area contributed by atoms with E-state index in [4.69, 9.17) is 18.0 Å². The normalized spacial score (nSPS) is 10.4. The SMILES string of the molecule is CCCCCCc1ccsc1C(N)=S. The molecular formula is C11H17NS2. The van der Waals surface area contributed by atoms with Crippen LogP contribution in [0.25, 0.3) is 0 Å². The lowest BCUT2D eigenvalue weighted by molar-refractivity contribution is 0.667. The Morgan fingerprint density at radius 3 is 2.86 bits per heavy atom. The molecule has 2 N–H and O–H groups in total. The van der Waals surface area contributed by atoms with Gasteiger partial charge in [-0.1, -0.05) is 38.4 Å². The summed E-state index contributed by atoms with van der Waals surface area (Å²) >= 11 is 6.65. The zero-order valence-electron chi connectivity index (χ0n) is 8.58. The van der Waals surface area contributed by atoms with Gasteiger partial charge in [0.25, 0.3) is 0 Å². The third-order valence-corrected chi connectivity index (χ3v) is 3.59. The van der Waals surface area contributed by atoms with Crippen molar-refractivity contribution in [3.63, 3.8) is 0 Å². The fourth-order valence-electron chi connectivity index (χ4n) is 1.49. The van der Waals surface area contributed by atoms with Crippen molar-refractivity contribution in [2.45, 2.75) is 39.0 Å². The monoisotopic (exact) mass is 227 g/mol. The lowest BCUT2D eigenvalue weighted by Crippen LogP contribution is -2.09. The number of hydrogen-bond acceptors (Lipinski definition) is 2. The summed E-state index contributed by atoms with van der Waals surface area (Å²) in [6.07, 6.45) is 6.29. The van der Waals surface area contributed by atoms with Crippen LogP contribution in [-0.4, -0.2) is 4.99 Å². The van der Waals surface area contributed by atoms with Crippen LogP contribution in [-0.2, 0) is 6.42 Å². The van der Waals surface area contributed by atoms with E-state index in [0.717, 1.165) is 11.3 Å². The largest absolute Gasteiger partial charge is 0.389 e. The van der Waals surface area contributed by atoms with Crippen LogP contribution in [0.5, 0.6) is 0 Å². The summed E-state index contributed by atoms with van der Waals surface area (Å²) in [7, 11) is 0. The lowest BCUT2D eigenvalue weighted by Gasteiger charge is -2.01. The quantitative estimate of drug-likeness (QED) is 0.594. The van der Waals surface area contributed by atoms with Crippen molar-refractivity contribution >= 4 is 28.5 Å². The molecule has 0 amide bonds. The highest BCUT2D eigenvalue weighted by Crippen LogP contribution is 2.19. The molecule has 0 unspecified atom stereocenters. The average molecular weight is 227 g/mol. The van der Waals surface area contributed by atoms with Crippen LogP contribution >= 0.6 is 23.6 Å².